The molecule has 1 amide bonds. The Hall–Kier alpha value is -2.49. The van der Waals surface area contributed by atoms with Gasteiger partial charge in [0, 0.05) is 44.0 Å². The van der Waals surface area contributed by atoms with Crippen LogP contribution in [0, 0.1) is 5.41 Å². The van der Waals surface area contributed by atoms with Crippen LogP contribution in [-0.4, -0.2) is 67.4 Å². The number of methoxy groups -OCH3 is 1. The van der Waals surface area contributed by atoms with Crippen molar-refractivity contribution in [2.24, 2.45) is 5.41 Å². The molecular weight excluding hydrogens is 442 g/mol. The van der Waals surface area contributed by atoms with E-state index < -0.39 is 15.6 Å². The van der Waals surface area contributed by atoms with Crippen LogP contribution in [0.3, 0.4) is 0 Å². The first-order chi connectivity index (χ1) is 15.7. The van der Waals surface area contributed by atoms with E-state index in [1.807, 2.05) is 17.0 Å². The monoisotopic (exact) mass is 473 g/mol. The maximum Gasteiger partial charge on any atom is 0.254 e. The third kappa shape index (κ3) is 4.90. The summed E-state index contributed by atoms with van der Waals surface area (Å²) in [7, 11) is -1.99. The van der Waals surface area contributed by atoms with E-state index >= 15 is 0 Å². The van der Waals surface area contributed by atoms with Gasteiger partial charge in [-0.2, -0.15) is 4.31 Å². The standard InChI is InChI=1S/C24H31N3O5S/c1-23(2,32-16-19-5-4-12-25-15-19)22(28)26-17-24(18-26)10-13-27(14-11-24)33(29,30)21-8-6-20(31-3)7-9-21/h4-9,12,15H,10-11,13-14,16-18H2,1-3H3. The average molecular weight is 474 g/mol. The molecular formula is C24H31N3O5S. The van der Waals surface area contributed by atoms with Crippen molar-refractivity contribution < 1.29 is 22.7 Å². The first-order valence-corrected chi connectivity index (χ1v) is 12.6. The topological polar surface area (TPSA) is 89.0 Å². The number of sulfonamides is 1. The molecule has 33 heavy (non-hydrogen) atoms. The second kappa shape index (κ2) is 9.04. The number of benzene rings is 1. The highest BCUT2D eigenvalue weighted by Gasteiger charge is 2.50. The molecule has 0 radical (unpaired) electrons. The molecule has 0 atom stereocenters. The van der Waals surface area contributed by atoms with Crippen LogP contribution in [0.2, 0.25) is 0 Å². The number of pyridine rings is 1. The summed E-state index contributed by atoms with van der Waals surface area (Å²) in [5.41, 5.74) is -0.0273. The van der Waals surface area contributed by atoms with E-state index in [1.165, 1.54) is 0 Å². The molecule has 8 nitrogen and oxygen atoms in total. The van der Waals surface area contributed by atoms with Crippen LogP contribution in [0.4, 0.5) is 0 Å². The van der Waals surface area contributed by atoms with Crippen molar-refractivity contribution in [1.29, 1.82) is 0 Å². The molecule has 4 rings (SSSR count). The van der Waals surface area contributed by atoms with Gasteiger partial charge in [0.15, 0.2) is 0 Å². The summed E-state index contributed by atoms with van der Waals surface area (Å²) in [6.07, 6.45) is 4.91. The molecule has 2 aromatic rings. The minimum Gasteiger partial charge on any atom is -0.497 e. The zero-order valence-corrected chi connectivity index (χ0v) is 20.2. The number of amides is 1. The Kier molecular flexibility index (Phi) is 6.48. The SMILES string of the molecule is COc1ccc(S(=O)(=O)N2CCC3(CC2)CN(C(=O)C(C)(C)OCc2cccnc2)C3)cc1. The third-order valence-electron chi connectivity index (χ3n) is 6.66. The number of aromatic nitrogens is 1. The van der Waals surface area contributed by atoms with E-state index in [2.05, 4.69) is 4.98 Å². The highest BCUT2D eigenvalue weighted by molar-refractivity contribution is 7.89. The van der Waals surface area contributed by atoms with Gasteiger partial charge in [0.1, 0.15) is 11.4 Å². The molecule has 2 saturated heterocycles. The van der Waals surface area contributed by atoms with Crippen molar-refractivity contribution >= 4 is 15.9 Å². The molecule has 0 N–H and O–H groups in total. The van der Waals surface area contributed by atoms with Gasteiger partial charge in [-0.05, 0) is 62.6 Å². The second-order valence-electron chi connectivity index (χ2n) is 9.40. The Balaban J connectivity index is 1.30. The molecule has 0 bridgehead atoms. The maximum atomic E-state index is 13.0. The molecule has 1 spiro atoms. The molecule has 1 aromatic heterocycles. The van der Waals surface area contributed by atoms with E-state index in [0.717, 1.165) is 18.4 Å². The van der Waals surface area contributed by atoms with Gasteiger partial charge >= 0.3 is 0 Å². The Morgan fingerprint density at radius 3 is 2.36 bits per heavy atom. The summed E-state index contributed by atoms with van der Waals surface area (Å²) in [5.74, 6) is 0.586. The molecule has 2 aliphatic rings. The zero-order chi connectivity index (χ0) is 23.7. The Morgan fingerprint density at radius 2 is 1.79 bits per heavy atom. The van der Waals surface area contributed by atoms with Crippen molar-refractivity contribution in [1.82, 2.24) is 14.2 Å². The van der Waals surface area contributed by atoms with Gasteiger partial charge < -0.3 is 14.4 Å². The molecule has 2 aliphatic heterocycles. The number of ether oxygens (including phenoxy) is 2. The van der Waals surface area contributed by atoms with Crippen molar-refractivity contribution in [2.75, 3.05) is 33.3 Å². The second-order valence-corrected chi connectivity index (χ2v) is 11.3. The van der Waals surface area contributed by atoms with Gasteiger partial charge in [0.25, 0.3) is 5.91 Å². The molecule has 0 saturated carbocycles. The molecule has 3 heterocycles. The number of likely N-dealkylation sites (tertiary alicyclic amines) is 1. The summed E-state index contributed by atoms with van der Waals surface area (Å²) in [6.45, 7) is 6.10. The van der Waals surface area contributed by atoms with E-state index in [0.29, 0.717) is 38.5 Å². The van der Waals surface area contributed by atoms with Gasteiger partial charge in [0.2, 0.25) is 10.0 Å². The fourth-order valence-corrected chi connectivity index (χ4v) is 5.95. The number of hydrogen-bond donors (Lipinski definition) is 0. The minimum atomic E-state index is -3.54. The Bertz CT molecular complexity index is 1070. The van der Waals surface area contributed by atoms with Gasteiger partial charge in [-0.25, -0.2) is 8.42 Å². The largest absolute Gasteiger partial charge is 0.497 e. The number of hydrogen-bond acceptors (Lipinski definition) is 6. The van der Waals surface area contributed by atoms with Crippen molar-refractivity contribution in [3.05, 3.63) is 54.4 Å². The van der Waals surface area contributed by atoms with Crippen molar-refractivity contribution in [3.63, 3.8) is 0 Å². The summed E-state index contributed by atoms with van der Waals surface area (Å²) in [4.78, 5) is 19.2. The van der Waals surface area contributed by atoms with Crippen LogP contribution in [0.15, 0.2) is 53.7 Å². The lowest BCUT2D eigenvalue weighted by Gasteiger charge is -2.55. The van der Waals surface area contributed by atoms with Gasteiger partial charge in [-0.3, -0.25) is 9.78 Å². The van der Waals surface area contributed by atoms with Gasteiger partial charge in [-0.15, -0.1) is 0 Å². The lowest BCUT2D eigenvalue weighted by Crippen LogP contribution is -2.65. The number of piperidine rings is 1. The summed E-state index contributed by atoms with van der Waals surface area (Å²) >= 11 is 0. The third-order valence-corrected chi connectivity index (χ3v) is 8.57. The van der Waals surface area contributed by atoms with Crippen LogP contribution in [0.1, 0.15) is 32.3 Å². The van der Waals surface area contributed by atoms with E-state index in [-0.39, 0.29) is 16.2 Å². The van der Waals surface area contributed by atoms with Gasteiger partial charge in [-0.1, -0.05) is 6.07 Å². The molecule has 9 heteroatoms. The zero-order valence-electron chi connectivity index (χ0n) is 19.4. The Morgan fingerprint density at radius 1 is 1.12 bits per heavy atom. The molecule has 2 fully saturated rings. The van der Waals surface area contributed by atoms with E-state index in [1.54, 1.807) is 61.9 Å². The fraction of sp³-hybridized carbons (Fsp3) is 0.500. The predicted molar refractivity (Wildman–Crippen MR) is 123 cm³/mol. The van der Waals surface area contributed by atoms with E-state index in [9.17, 15) is 13.2 Å². The predicted octanol–water partition coefficient (Wildman–Crippen LogP) is 2.70. The summed E-state index contributed by atoms with van der Waals surface area (Å²) < 4.78 is 38.6. The van der Waals surface area contributed by atoms with E-state index in [4.69, 9.17) is 9.47 Å². The summed E-state index contributed by atoms with van der Waals surface area (Å²) in [6, 6.07) is 10.2. The highest BCUT2D eigenvalue weighted by atomic mass is 32.2. The van der Waals surface area contributed by atoms with Crippen LogP contribution < -0.4 is 4.74 Å². The highest BCUT2D eigenvalue weighted by Crippen LogP contribution is 2.42. The smallest absolute Gasteiger partial charge is 0.254 e. The molecule has 1 aromatic carbocycles. The maximum absolute atomic E-state index is 13.0. The first-order valence-electron chi connectivity index (χ1n) is 11.1. The summed E-state index contributed by atoms with van der Waals surface area (Å²) in [5, 5.41) is 0. The van der Waals surface area contributed by atoms with Gasteiger partial charge in [0.05, 0.1) is 18.6 Å². The Labute approximate surface area is 195 Å². The number of rotatable bonds is 7. The quantitative estimate of drug-likeness (QED) is 0.614. The van der Waals surface area contributed by atoms with Crippen molar-refractivity contribution in [2.45, 2.75) is 43.8 Å². The van der Waals surface area contributed by atoms with Crippen LogP contribution in [0.25, 0.3) is 0 Å². The normalized spacial score (nSPS) is 18.7. The minimum absolute atomic E-state index is 0.0129. The molecule has 0 aliphatic carbocycles. The fourth-order valence-electron chi connectivity index (χ4n) is 4.51. The molecule has 0 unspecified atom stereocenters. The number of carbonyl (C=O) groups excluding carboxylic acids is 1. The van der Waals surface area contributed by atoms with Crippen molar-refractivity contribution in [3.8, 4) is 5.75 Å². The average Bonchev–Trinajstić information content (AvgIpc) is 2.81. The van der Waals surface area contributed by atoms with Crippen LogP contribution >= 0.6 is 0 Å². The number of nitrogens with zero attached hydrogens (tertiary/aromatic N) is 3. The first kappa shape index (κ1) is 23.7. The van der Waals surface area contributed by atoms with Crippen LogP contribution in [-0.2, 0) is 26.2 Å². The lowest BCUT2D eigenvalue weighted by molar-refractivity contribution is -0.170. The molecule has 178 valence electrons. The number of carbonyl (C=O) groups is 1. The lowest BCUT2D eigenvalue weighted by atomic mass is 9.72. The van der Waals surface area contributed by atoms with Crippen LogP contribution in [0.5, 0.6) is 5.75 Å².